The van der Waals surface area contributed by atoms with Crippen molar-refractivity contribution < 1.29 is 14.3 Å². The number of hydrogen-bond donors (Lipinski definition) is 2. The number of aromatic nitrogens is 1. The van der Waals surface area contributed by atoms with Gasteiger partial charge in [0.2, 0.25) is 5.91 Å². The molecule has 0 bridgehead atoms. The lowest BCUT2D eigenvalue weighted by atomic mass is 10.1. The van der Waals surface area contributed by atoms with Gasteiger partial charge in [-0.3, -0.25) is 9.59 Å². The van der Waals surface area contributed by atoms with Crippen molar-refractivity contribution in [1.29, 1.82) is 0 Å². The van der Waals surface area contributed by atoms with Crippen molar-refractivity contribution in [1.82, 2.24) is 9.88 Å². The lowest BCUT2D eigenvalue weighted by Gasteiger charge is -2.33. The van der Waals surface area contributed by atoms with Gasteiger partial charge in [-0.15, -0.1) is 0 Å². The number of nitrogens with one attached hydrogen (secondary N) is 1. The number of aromatic amines is 1. The van der Waals surface area contributed by atoms with Crippen LogP contribution in [-0.4, -0.2) is 47.5 Å². The Hall–Kier alpha value is -2.34. The molecule has 1 aromatic heterocycles. The maximum Gasteiger partial charge on any atom is 0.271 e. The Morgan fingerprint density at radius 1 is 1.32 bits per heavy atom. The zero-order valence-electron chi connectivity index (χ0n) is 12.7. The highest BCUT2D eigenvalue weighted by Crippen LogP contribution is 2.23. The number of primary amides is 1. The molecule has 1 fully saturated rings. The molecule has 0 radical (unpaired) electrons. The topological polar surface area (TPSA) is 88.4 Å². The maximum absolute atomic E-state index is 12.7. The number of nitrogens with two attached hydrogens (primary N) is 1. The third-order valence-electron chi connectivity index (χ3n) is 4.04. The molecule has 3 rings (SSSR count). The molecule has 1 aromatic carbocycles. The fourth-order valence-electron chi connectivity index (χ4n) is 2.95. The Morgan fingerprint density at radius 2 is 2.09 bits per heavy atom. The molecular weight excluding hydrogens is 282 g/mol. The van der Waals surface area contributed by atoms with E-state index in [0.29, 0.717) is 18.8 Å². The summed E-state index contributed by atoms with van der Waals surface area (Å²) < 4.78 is 5.25. The molecule has 0 saturated carbocycles. The zero-order valence-corrected chi connectivity index (χ0v) is 12.7. The first kappa shape index (κ1) is 14.6. The molecule has 2 heterocycles. The summed E-state index contributed by atoms with van der Waals surface area (Å²) in [6.45, 7) is 4.95. The molecule has 6 heteroatoms. The Bertz CT molecular complexity index is 750. The lowest BCUT2D eigenvalue weighted by Crippen LogP contribution is -2.54. The first-order chi connectivity index (χ1) is 10.5. The second kappa shape index (κ2) is 5.46. The number of fused-ring (bicyclic) bond motifs is 1. The number of nitrogens with zero attached hydrogens (tertiary/aromatic N) is 1. The average Bonchev–Trinajstić information content (AvgIpc) is 2.90. The normalized spacial score (nSPS) is 18.6. The smallest absolute Gasteiger partial charge is 0.271 e. The van der Waals surface area contributed by atoms with E-state index in [2.05, 4.69) is 11.1 Å². The van der Waals surface area contributed by atoms with Crippen molar-refractivity contribution in [2.45, 2.75) is 19.9 Å². The predicted octanol–water partition coefficient (Wildman–Crippen LogP) is 1.11. The summed E-state index contributed by atoms with van der Waals surface area (Å²) in [4.78, 5) is 28.9. The number of aryl methyl sites for hydroxylation is 2. The van der Waals surface area contributed by atoms with Crippen molar-refractivity contribution >= 4 is 22.7 Å². The molecule has 0 spiro atoms. The fraction of sp³-hybridized carbons (Fsp3) is 0.375. The Morgan fingerprint density at radius 3 is 2.82 bits per heavy atom. The number of carbonyl (C=O) groups excluding carboxylic acids is 2. The van der Waals surface area contributed by atoms with Gasteiger partial charge in [-0.2, -0.15) is 0 Å². The highest BCUT2D eigenvalue weighted by atomic mass is 16.5. The summed E-state index contributed by atoms with van der Waals surface area (Å²) in [5, 5.41) is 1.01. The van der Waals surface area contributed by atoms with E-state index in [1.165, 1.54) is 4.90 Å². The molecule has 2 amide bonds. The molecule has 0 aliphatic carbocycles. The molecule has 1 aliphatic rings. The third-order valence-corrected chi connectivity index (χ3v) is 4.04. The lowest BCUT2D eigenvalue weighted by molar-refractivity contribution is -0.127. The van der Waals surface area contributed by atoms with Gasteiger partial charge in [0.05, 0.1) is 13.2 Å². The molecule has 22 heavy (non-hydrogen) atoms. The van der Waals surface area contributed by atoms with Gasteiger partial charge < -0.3 is 20.4 Å². The van der Waals surface area contributed by atoms with Gasteiger partial charge in [-0.25, -0.2) is 0 Å². The van der Waals surface area contributed by atoms with E-state index >= 15 is 0 Å². The summed E-state index contributed by atoms with van der Waals surface area (Å²) in [6, 6.07) is 5.20. The average molecular weight is 301 g/mol. The molecule has 6 nitrogen and oxygen atoms in total. The van der Waals surface area contributed by atoms with E-state index in [4.69, 9.17) is 10.5 Å². The van der Waals surface area contributed by atoms with Crippen LogP contribution in [0.15, 0.2) is 18.2 Å². The third kappa shape index (κ3) is 2.46. The molecule has 1 aliphatic heterocycles. The van der Waals surface area contributed by atoms with Crippen LogP contribution in [0.1, 0.15) is 21.6 Å². The van der Waals surface area contributed by atoms with Crippen LogP contribution in [0.2, 0.25) is 0 Å². The van der Waals surface area contributed by atoms with Crippen LogP contribution in [-0.2, 0) is 9.53 Å². The first-order valence-electron chi connectivity index (χ1n) is 7.25. The van der Waals surface area contributed by atoms with Crippen molar-refractivity contribution in [3.63, 3.8) is 0 Å². The van der Waals surface area contributed by atoms with Gasteiger partial charge in [-0.1, -0.05) is 6.07 Å². The largest absolute Gasteiger partial charge is 0.377 e. The molecule has 1 unspecified atom stereocenters. The van der Waals surface area contributed by atoms with Gasteiger partial charge in [0.1, 0.15) is 11.7 Å². The van der Waals surface area contributed by atoms with Crippen LogP contribution in [0.3, 0.4) is 0 Å². The maximum atomic E-state index is 12.7. The van der Waals surface area contributed by atoms with E-state index in [0.717, 1.165) is 22.0 Å². The Balaban J connectivity index is 1.97. The minimum absolute atomic E-state index is 0.152. The summed E-state index contributed by atoms with van der Waals surface area (Å²) in [5.41, 5.74) is 9.00. The highest BCUT2D eigenvalue weighted by molar-refractivity contribution is 6.00. The molecule has 1 saturated heterocycles. The van der Waals surface area contributed by atoms with Gasteiger partial charge in [-0.05, 0) is 37.1 Å². The van der Waals surface area contributed by atoms with Gasteiger partial charge in [0.15, 0.2) is 0 Å². The summed E-state index contributed by atoms with van der Waals surface area (Å²) in [7, 11) is 0. The number of carbonyl (C=O) groups is 2. The second-order valence-corrected chi connectivity index (χ2v) is 5.72. The van der Waals surface area contributed by atoms with Crippen molar-refractivity contribution in [3.05, 3.63) is 35.0 Å². The van der Waals surface area contributed by atoms with Gasteiger partial charge >= 0.3 is 0 Å². The van der Waals surface area contributed by atoms with Crippen LogP contribution in [0.25, 0.3) is 10.9 Å². The van der Waals surface area contributed by atoms with Crippen LogP contribution < -0.4 is 5.73 Å². The predicted molar refractivity (Wildman–Crippen MR) is 82.6 cm³/mol. The Kier molecular flexibility index (Phi) is 3.62. The minimum Gasteiger partial charge on any atom is -0.377 e. The number of rotatable bonds is 2. The standard InChI is InChI=1S/C16H19N3O3/c1-9-5-10(2)11-7-13(18-12(11)6-9)16(21)19-3-4-22-8-14(19)15(17)20/h5-7,14,18H,3-4,8H2,1-2H3,(H2,17,20). The van der Waals surface area contributed by atoms with E-state index in [9.17, 15) is 9.59 Å². The molecular formula is C16H19N3O3. The van der Waals surface area contributed by atoms with E-state index < -0.39 is 11.9 Å². The number of H-pyrrole nitrogens is 1. The second-order valence-electron chi connectivity index (χ2n) is 5.72. The Labute approximate surface area is 128 Å². The van der Waals surface area contributed by atoms with Crippen molar-refractivity contribution in [2.75, 3.05) is 19.8 Å². The highest BCUT2D eigenvalue weighted by Gasteiger charge is 2.32. The first-order valence-corrected chi connectivity index (χ1v) is 7.25. The van der Waals surface area contributed by atoms with E-state index in [-0.39, 0.29) is 12.5 Å². The number of benzene rings is 1. The minimum atomic E-state index is -0.713. The van der Waals surface area contributed by atoms with Crippen molar-refractivity contribution in [2.24, 2.45) is 5.73 Å². The molecule has 1 atom stereocenters. The van der Waals surface area contributed by atoms with Crippen LogP contribution in [0.4, 0.5) is 0 Å². The number of amides is 2. The number of ether oxygens (including phenoxy) is 1. The monoisotopic (exact) mass is 301 g/mol. The van der Waals surface area contributed by atoms with E-state index in [1.807, 2.05) is 26.0 Å². The zero-order chi connectivity index (χ0) is 15.9. The van der Waals surface area contributed by atoms with Gasteiger partial charge in [0.25, 0.3) is 5.91 Å². The van der Waals surface area contributed by atoms with Crippen LogP contribution in [0, 0.1) is 13.8 Å². The van der Waals surface area contributed by atoms with Crippen molar-refractivity contribution in [3.8, 4) is 0 Å². The summed E-state index contributed by atoms with van der Waals surface area (Å²) in [6.07, 6.45) is 0. The summed E-state index contributed by atoms with van der Waals surface area (Å²) in [5.74, 6) is -0.767. The fourth-order valence-corrected chi connectivity index (χ4v) is 2.95. The molecule has 116 valence electrons. The quantitative estimate of drug-likeness (QED) is 0.871. The molecule has 2 aromatic rings. The molecule has 3 N–H and O–H groups in total. The SMILES string of the molecule is Cc1cc(C)c2cc(C(=O)N3CCOCC3C(N)=O)[nH]c2c1. The van der Waals surface area contributed by atoms with Gasteiger partial charge in [0, 0.05) is 17.4 Å². The summed E-state index contributed by atoms with van der Waals surface area (Å²) >= 11 is 0. The van der Waals surface area contributed by atoms with Crippen LogP contribution in [0.5, 0.6) is 0 Å². The number of hydrogen-bond acceptors (Lipinski definition) is 3. The number of morpholine rings is 1. The van der Waals surface area contributed by atoms with Crippen LogP contribution >= 0.6 is 0 Å². The van der Waals surface area contributed by atoms with E-state index in [1.54, 1.807) is 0 Å².